The number of nitrogens with zero attached hydrogens (tertiary/aromatic N) is 1. The Kier molecular flexibility index (Phi) is 5.39. The van der Waals surface area contributed by atoms with Crippen LogP contribution in [0.3, 0.4) is 0 Å². The van der Waals surface area contributed by atoms with E-state index in [1.165, 1.54) is 7.05 Å². The first-order valence-corrected chi connectivity index (χ1v) is 8.48. The van der Waals surface area contributed by atoms with Gasteiger partial charge in [0.2, 0.25) is 0 Å². The highest BCUT2D eigenvalue weighted by molar-refractivity contribution is 8.16. The lowest BCUT2D eigenvalue weighted by Gasteiger charge is -2.20. The van der Waals surface area contributed by atoms with Gasteiger partial charge in [0.25, 0.3) is 0 Å². The van der Waals surface area contributed by atoms with Crippen molar-refractivity contribution < 1.29 is 13.2 Å². The predicted octanol–water partition coefficient (Wildman–Crippen LogP) is 3.64. The Hall–Kier alpha value is -0.620. The fraction of sp³-hybridized carbons (Fsp3) is 0.222. The maximum absolute atomic E-state index is 12.2. The second-order valence-corrected chi connectivity index (χ2v) is 8.52. The molecule has 0 aromatic heterocycles. The van der Waals surface area contributed by atoms with E-state index in [1.54, 1.807) is 6.66 Å². The minimum atomic E-state index is -2.32. The Morgan fingerprint density at radius 3 is 2.65 bits per heavy atom. The molecular weight excluding hydrogens is 282 g/mol. The normalized spacial score (nSPS) is 13.8. The molecule has 1 unspecified atom stereocenters. The lowest BCUT2D eigenvalue weighted by atomic mass is 10.3. The summed E-state index contributed by atoms with van der Waals surface area (Å²) in [5, 5.41) is 3.03. The van der Waals surface area contributed by atoms with Crippen LogP contribution in [0.25, 0.3) is 0 Å². The molecule has 0 saturated carbocycles. The summed E-state index contributed by atoms with van der Waals surface area (Å²) in [6.45, 7) is 1.71. The van der Waals surface area contributed by atoms with Crippen molar-refractivity contribution >= 4 is 42.3 Å². The van der Waals surface area contributed by atoms with Crippen LogP contribution in [-0.2, 0) is 15.8 Å². The van der Waals surface area contributed by atoms with Crippen molar-refractivity contribution in [3.05, 3.63) is 30.3 Å². The van der Waals surface area contributed by atoms with Crippen molar-refractivity contribution in [3.8, 4) is 0 Å². The Bertz CT molecular complexity index is 432. The number of nitrogens with one attached hydrogen (secondary N) is 1. The summed E-state index contributed by atoms with van der Waals surface area (Å²) in [6, 6.07) is 9.31. The van der Waals surface area contributed by atoms with Gasteiger partial charge in [-0.05, 0) is 23.9 Å². The van der Waals surface area contributed by atoms with Gasteiger partial charge in [-0.25, -0.2) is 13.1 Å². The molecule has 1 aromatic carbocycles. The Balaban J connectivity index is 2.52. The number of rotatable bonds is 5. The Morgan fingerprint density at radius 2 is 2.12 bits per heavy atom. The van der Waals surface area contributed by atoms with E-state index in [0.29, 0.717) is 12.2 Å². The van der Waals surface area contributed by atoms with E-state index < -0.39 is 12.6 Å². The number of halogens is 1. The van der Waals surface area contributed by atoms with Crippen LogP contribution in [0.5, 0.6) is 0 Å². The first kappa shape index (κ1) is 14.4. The highest BCUT2D eigenvalue weighted by atomic mass is 32.5. The van der Waals surface area contributed by atoms with E-state index in [9.17, 15) is 9.18 Å². The number of hydrogen-bond acceptors (Lipinski definition) is 4. The average molecular weight is 294 g/mol. The second kappa shape index (κ2) is 6.35. The van der Waals surface area contributed by atoms with Crippen molar-refractivity contribution in [1.29, 1.82) is 0 Å². The largest absolute Gasteiger partial charge is 0.411 e. The van der Waals surface area contributed by atoms with E-state index in [0.717, 1.165) is 9.99 Å². The quantitative estimate of drug-likeness (QED) is 0.295. The molecule has 94 valence electrons. The van der Waals surface area contributed by atoms with Crippen LogP contribution in [0, 0.1) is 0 Å². The average Bonchev–Trinajstić information content (AvgIpc) is 2.26. The number of hydrogen-bond donors (Lipinski definition) is 1. The van der Waals surface area contributed by atoms with Crippen LogP contribution in [-0.4, -0.2) is 24.2 Å². The number of anilines is 1. The van der Waals surface area contributed by atoms with Crippen LogP contribution >= 0.6 is 18.6 Å². The Labute approximate surface area is 109 Å². The molecule has 4 nitrogen and oxygen atoms in total. The summed E-state index contributed by atoms with van der Waals surface area (Å²) < 4.78 is 18.2. The highest BCUT2D eigenvalue weighted by Gasteiger charge is 2.16. The van der Waals surface area contributed by atoms with Crippen LogP contribution in [0.1, 0.15) is 0 Å². The summed E-state index contributed by atoms with van der Waals surface area (Å²) in [6.07, 6.45) is -3.90. The SMILES string of the molecule is CN(SOP(C)(=S)Nc1ccccc1)C(=O)F. The zero-order valence-electron chi connectivity index (χ0n) is 9.29. The third-order valence-electron chi connectivity index (χ3n) is 1.64. The van der Waals surface area contributed by atoms with Crippen molar-refractivity contribution in [1.82, 2.24) is 4.31 Å². The summed E-state index contributed by atoms with van der Waals surface area (Å²) >= 11 is 5.83. The molecule has 0 bridgehead atoms. The molecule has 1 N–H and O–H groups in total. The summed E-state index contributed by atoms with van der Waals surface area (Å²) in [5.41, 5.74) is 0.827. The van der Waals surface area contributed by atoms with Gasteiger partial charge in [-0.3, -0.25) is 0 Å². The van der Waals surface area contributed by atoms with Crippen molar-refractivity contribution in [2.45, 2.75) is 0 Å². The third kappa shape index (κ3) is 5.50. The number of para-hydroxylation sites is 1. The third-order valence-corrected chi connectivity index (χ3v) is 4.90. The molecule has 8 heteroatoms. The fourth-order valence-corrected chi connectivity index (χ4v) is 3.20. The molecule has 0 radical (unpaired) electrons. The fourth-order valence-electron chi connectivity index (χ4n) is 0.909. The van der Waals surface area contributed by atoms with Gasteiger partial charge in [0, 0.05) is 19.4 Å². The smallest absolute Gasteiger partial charge is 0.337 e. The molecule has 0 aliphatic carbocycles. The maximum Gasteiger partial charge on any atom is 0.411 e. The van der Waals surface area contributed by atoms with Gasteiger partial charge in [0.15, 0.2) is 6.42 Å². The van der Waals surface area contributed by atoms with Gasteiger partial charge in [0.05, 0.1) is 0 Å². The van der Waals surface area contributed by atoms with Gasteiger partial charge in [0.1, 0.15) is 12.2 Å². The number of benzene rings is 1. The molecule has 0 aliphatic rings. The van der Waals surface area contributed by atoms with Crippen LogP contribution in [0.2, 0.25) is 0 Å². The number of carbonyl (C=O) groups excluding carboxylic acids is 1. The molecule has 1 amide bonds. The molecular formula is C9H12FN2O2PS2. The van der Waals surface area contributed by atoms with E-state index in [2.05, 4.69) is 5.09 Å². The van der Waals surface area contributed by atoms with Crippen LogP contribution < -0.4 is 5.09 Å². The van der Waals surface area contributed by atoms with Crippen molar-refractivity contribution in [2.24, 2.45) is 0 Å². The zero-order chi connectivity index (χ0) is 12.9. The molecule has 0 aliphatic heterocycles. The molecule has 1 rings (SSSR count). The molecule has 0 fully saturated rings. The van der Waals surface area contributed by atoms with E-state index in [4.69, 9.17) is 15.8 Å². The lowest BCUT2D eigenvalue weighted by molar-refractivity contribution is 0.208. The minimum absolute atomic E-state index is 0.602. The first-order chi connectivity index (χ1) is 7.91. The van der Waals surface area contributed by atoms with Crippen LogP contribution in [0.4, 0.5) is 14.9 Å². The Morgan fingerprint density at radius 1 is 1.53 bits per heavy atom. The zero-order valence-corrected chi connectivity index (χ0v) is 11.8. The monoisotopic (exact) mass is 294 g/mol. The summed E-state index contributed by atoms with van der Waals surface area (Å²) in [5.74, 6) is 0. The first-order valence-electron chi connectivity index (χ1n) is 4.61. The highest BCUT2D eigenvalue weighted by Crippen LogP contribution is 2.47. The summed E-state index contributed by atoms with van der Waals surface area (Å²) in [4.78, 5) is 10.3. The van der Waals surface area contributed by atoms with E-state index >= 15 is 0 Å². The predicted molar refractivity (Wildman–Crippen MR) is 73.2 cm³/mol. The molecule has 17 heavy (non-hydrogen) atoms. The van der Waals surface area contributed by atoms with E-state index in [1.807, 2.05) is 30.3 Å². The second-order valence-electron chi connectivity index (χ2n) is 3.22. The van der Waals surface area contributed by atoms with Gasteiger partial charge in [-0.2, -0.15) is 0 Å². The maximum atomic E-state index is 12.2. The molecule has 0 saturated heterocycles. The van der Waals surface area contributed by atoms with Gasteiger partial charge in [-0.15, -0.1) is 4.39 Å². The minimum Gasteiger partial charge on any atom is -0.337 e. The van der Waals surface area contributed by atoms with Gasteiger partial charge in [-0.1, -0.05) is 18.2 Å². The molecule has 1 aromatic rings. The molecule has 0 spiro atoms. The van der Waals surface area contributed by atoms with Crippen LogP contribution in [0.15, 0.2) is 30.3 Å². The van der Waals surface area contributed by atoms with Gasteiger partial charge < -0.3 is 5.09 Å². The van der Waals surface area contributed by atoms with Crippen molar-refractivity contribution in [3.63, 3.8) is 0 Å². The van der Waals surface area contributed by atoms with Crippen molar-refractivity contribution in [2.75, 3.05) is 18.8 Å². The lowest BCUT2D eigenvalue weighted by Crippen LogP contribution is -2.13. The van der Waals surface area contributed by atoms with Gasteiger partial charge >= 0.3 is 6.16 Å². The topological polar surface area (TPSA) is 41.6 Å². The molecule has 0 heterocycles. The number of carbonyl (C=O) groups is 1. The number of amides is 1. The standard InChI is InChI=1S/C9H12FN2O2PS2/c1-12(9(10)13)17-14-15(2,16)11-8-6-4-3-5-7-8/h3-7H,1-2H3,(H,11,16). The molecule has 1 atom stereocenters. The summed E-state index contributed by atoms with van der Waals surface area (Å²) in [7, 11) is 1.27. The van der Waals surface area contributed by atoms with E-state index in [-0.39, 0.29) is 0 Å².